The summed E-state index contributed by atoms with van der Waals surface area (Å²) in [7, 11) is 1.35. The van der Waals surface area contributed by atoms with E-state index in [2.05, 4.69) is 0 Å². The van der Waals surface area contributed by atoms with Gasteiger partial charge in [-0.1, -0.05) is 72.8 Å². The monoisotopic (exact) mass is 409 g/mol. The van der Waals surface area contributed by atoms with E-state index in [0.717, 1.165) is 16.5 Å². The van der Waals surface area contributed by atoms with E-state index >= 15 is 0 Å². The van der Waals surface area contributed by atoms with E-state index in [4.69, 9.17) is 9.15 Å². The second-order valence-corrected chi connectivity index (χ2v) is 7.26. The largest absolute Gasteiger partial charge is 0.464 e. The second kappa shape index (κ2) is 7.61. The van der Waals surface area contributed by atoms with E-state index in [-0.39, 0.29) is 0 Å². The van der Waals surface area contributed by atoms with Crippen molar-refractivity contribution in [2.24, 2.45) is 0 Å². The van der Waals surface area contributed by atoms with Crippen molar-refractivity contribution >= 4 is 27.8 Å². The van der Waals surface area contributed by atoms with Crippen LogP contribution >= 0.6 is 0 Å². The zero-order valence-corrected chi connectivity index (χ0v) is 16.9. The maximum atomic E-state index is 13.2. The molecule has 152 valence electrons. The number of rotatable bonds is 4. The highest BCUT2D eigenvalue weighted by Crippen LogP contribution is 2.37. The average molecular weight is 409 g/mol. The van der Waals surface area contributed by atoms with E-state index in [1.54, 1.807) is 6.07 Å². The Morgan fingerprint density at radius 2 is 1.55 bits per heavy atom. The van der Waals surface area contributed by atoms with Crippen LogP contribution in [0.2, 0.25) is 0 Å². The van der Waals surface area contributed by atoms with Crippen molar-refractivity contribution in [1.29, 1.82) is 0 Å². The number of carbonyl (C=O) groups is 1. The Hall–Kier alpha value is -4.12. The van der Waals surface area contributed by atoms with Gasteiger partial charge < -0.3 is 13.7 Å². The molecular formula is C26H19NO4. The molecule has 0 radical (unpaired) electrons. The molecule has 0 aliphatic carbocycles. The summed E-state index contributed by atoms with van der Waals surface area (Å²) in [6, 6.07) is 26.6. The van der Waals surface area contributed by atoms with E-state index < -0.39 is 11.6 Å². The lowest BCUT2D eigenvalue weighted by atomic mass is 10.0. The maximum absolute atomic E-state index is 13.2. The van der Waals surface area contributed by atoms with Crippen LogP contribution in [0.1, 0.15) is 16.1 Å². The molecule has 5 heteroatoms. The summed E-state index contributed by atoms with van der Waals surface area (Å²) in [6.07, 6.45) is 0. The summed E-state index contributed by atoms with van der Waals surface area (Å²) in [4.78, 5) is 26.2. The van der Waals surface area contributed by atoms with Gasteiger partial charge in [-0.05, 0) is 23.3 Å². The lowest BCUT2D eigenvalue weighted by molar-refractivity contribution is 0.0590. The van der Waals surface area contributed by atoms with Gasteiger partial charge in [-0.25, -0.2) is 9.59 Å². The number of nitrogens with zero attached hydrogens (tertiary/aromatic N) is 1. The van der Waals surface area contributed by atoms with Crippen LogP contribution in [0.25, 0.3) is 33.0 Å². The Balaban J connectivity index is 1.99. The van der Waals surface area contributed by atoms with Gasteiger partial charge in [0.05, 0.1) is 18.0 Å². The molecule has 0 aliphatic rings. The van der Waals surface area contributed by atoms with E-state index in [9.17, 15) is 9.59 Å². The van der Waals surface area contributed by atoms with Gasteiger partial charge in [0.25, 0.3) is 0 Å². The van der Waals surface area contributed by atoms with Crippen molar-refractivity contribution in [3.8, 4) is 11.1 Å². The zero-order valence-electron chi connectivity index (χ0n) is 16.9. The van der Waals surface area contributed by atoms with Gasteiger partial charge in [0.2, 0.25) is 0 Å². The highest BCUT2D eigenvalue weighted by molar-refractivity contribution is 6.14. The van der Waals surface area contributed by atoms with Gasteiger partial charge in [0, 0.05) is 17.5 Å². The lowest BCUT2D eigenvalue weighted by Gasteiger charge is -2.12. The normalized spacial score (nSPS) is 11.1. The summed E-state index contributed by atoms with van der Waals surface area (Å²) >= 11 is 0. The Labute approximate surface area is 178 Å². The van der Waals surface area contributed by atoms with Crippen LogP contribution in [0.15, 0.2) is 94.1 Å². The minimum Gasteiger partial charge on any atom is -0.464 e. The van der Waals surface area contributed by atoms with Crippen molar-refractivity contribution in [3.63, 3.8) is 0 Å². The number of aromatic nitrogens is 1. The zero-order chi connectivity index (χ0) is 21.4. The number of carbonyl (C=O) groups excluding carboxylic acids is 1. The number of hydrogen-bond acceptors (Lipinski definition) is 4. The Bertz CT molecular complexity index is 1460. The van der Waals surface area contributed by atoms with Gasteiger partial charge in [-0.3, -0.25) is 0 Å². The summed E-state index contributed by atoms with van der Waals surface area (Å²) in [5.74, 6) is -0.505. The summed E-state index contributed by atoms with van der Waals surface area (Å²) in [5, 5.41) is 1.14. The molecule has 3 aromatic carbocycles. The van der Waals surface area contributed by atoms with Crippen molar-refractivity contribution in [1.82, 2.24) is 4.57 Å². The fraction of sp³-hybridized carbons (Fsp3) is 0.0769. The van der Waals surface area contributed by atoms with Crippen LogP contribution in [-0.4, -0.2) is 17.6 Å². The predicted octanol–water partition coefficient (Wildman–Crippen LogP) is 5.25. The fourth-order valence-electron chi connectivity index (χ4n) is 4.12. The van der Waals surface area contributed by atoms with Gasteiger partial charge in [-0.2, -0.15) is 0 Å². The predicted molar refractivity (Wildman–Crippen MR) is 120 cm³/mol. The molecule has 5 aromatic rings. The summed E-state index contributed by atoms with van der Waals surface area (Å²) in [5.41, 5.74) is 3.26. The quantitative estimate of drug-likeness (QED) is 0.300. The molecule has 0 aliphatic heterocycles. The molecule has 31 heavy (non-hydrogen) atoms. The molecule has 0 atom stereocenters. The fourth-order valence-corrected chi connectivity index (χ4v) is 4.12. The molecule has 0 saturated carbocycles. The molecular weight excluding hydrogens is 390 g/mol. The Kier molecular flexibility index (Phi) is 4.64. The van der Waals surface area contributed by atoms with Gasteiger partial charge in [0.15, 0.2) is 0 Å². The van der Waals surface area contributed by atoms with Crippen LogP contribution in [0.3, 0.4) is 0 Å². The molecule has 0 spiro atoms. The smallest absolute Gasteiger partial charge is 0.355 e. The van der Waals surface area contributed by atoms with E-state index in [1.165, 1.54) is 7.11 Å². The first-order valence-corrected chi connectivity index (χ1v) is 9.94. The first-order valence-electron chi connectivity index (χ1n) is 9.94. The topological polar surface area (TPSA) is 61.4 Å². The number of ether oxygens (including phenoxy) is 1. The van der Waals surface area contributed by atoms with Gasteiger partial charge >= 0.3 is 11.6 Å². The Morgan fingerprint density at radius 1 is 0.903 bits per heavy atom. The van der Waals surface area contributed by atoms with E-state index in [1.807, 2.05) is 83.4 Å². The van der Waals surface area contributed by atoms with Crippen molar-refractivity contribution in [2.75, 3.05) is 7.11 Å². The number of fused-ring (bicyclic) bond motifs is 3. The van der Waals surface area contributed by atoms with Crippen molar-refractivity contribution < 1.29 is 13.9 Å². The molecule has 0 saturated heterocycles. The third-order valence-corrected chi connectivity index (χ3v) is 5.44. The van der Waals surface area contributed by atoms with Crippen LogP contribution in [0.5, 0.6) is 0 Å². The SMILES string of the molecule is COC(=O)c1c(-c2ccccc2)c2c(=O)oc3ccccc3c2n1Cc1ccccc1. The molecule has 0 unspecified atom stereocenters. The highest BCUT2D eigenvalue weighted by Gasteiger charge is 2.28. The summed E-state index contributed by atoms with van der Waals surface area (Å²) < 4.78 is 12.7. The van der Waals surface area contributed by atoms with Gasteiger partial charge in [-0.15, -0.1) is 0 Å². The maximum Gasteiger partial charge on any atom is 0.355 e. The number of para-hydroxylation sites is 1. The molecule has 2 heterocycles. The third-order valence-electron chi connectivity index (χ3n) is 5.44. The van der Waals surface area contributed by atoms with Crippen LogP contribution < -0.4 is 5.63 Å². The second-order valence-electron chi connectivity index (χ2n) is 7.26. The molecule has 0 fully saturated rings. The lowest BCUT2D eigenvalue weighted by Crippen LogP contribution is -2.12. The average Bonchev–Trinajstić information content (AvgIpc) is 3.15. The number of hydrogen-bond donors (Lipinski definition) is 0. The van der Waals surface area contributed by atoms with Crippen LogP contribution in [0, 0.1) is 0 Å². The molecule has 5 rings (SSSR count). The van der Waals surface area contributed by atoms with Crippen molar-refractivity contribution in [3.05, 3.63) is 107 Å². The number of methoxy groups -OCH3 is 1. The van der Waals surface area contributed by atoms with Crippen molar-refractivity contribution in [2.45, 2.75) is 6.54 Å². The minimum absolute atomic E-state index is 0.330. The standard InChI is InChI=1S/C26H19NO4/c1-30-26(29)24-21(18-12-6-3-7-13-18)22-23(27(24)16-17-10-4-2-5-11-17)19-14-8-9-15-20(19)31-25(22)28/h2-15H,16H2,1H3. The minimum atomic E-state index is -0.505. The summed E-state index contributed by atoms with van der Waals surface area (Å²) in [6.45, 7) is 0.405. The number of esters is 1. The molecule has 2 aromatic heterocycles. The number of benzene rings is 3. The molecule has 0 N–H and O–H groups in total. The van der Waals surface area contributed by atoms with E-state index in [0.29, 0.717) is 34.3 Å². The Morgan fingerprint density at radius 3 is 2.26 bits per heavy atom. The van der Waals surface area contributed by atoms with Crippen LogP contribution in [-0.2, 0) is 11.3 Å². The molecule has 5 nitrogen and oxygen atoms in total. The first kappa shape index (κ1) is 18.9. The molecule has 0 bridgehead atoms. The van der Waals surface area contributed by atoms with Gasteiger partial charge in [0.1, 0.15) is 11.3 Å². The molecule has 0 amide bonds. The first-order chi connectivity index (χ1) is 15.2. The highest BCUT2D eigenvalue weighted by atomic mass is 16.5. The van der Waals surface area contributed by atoms with Crippen LogP contribution in [0.4, 0.5) is 0 Å². The third kappa shape index (κ3) is 3.11.